The van der Waals surface area contributed by atoms with Gasteiger partial charge in [0.05, 0.1) is 0 Å². The first-order valence-electron chi connectivity index (χ1n) is 7.09. The van der Waals surface area contributed by atoms with Gasteiger partial charge in [0.25, 0.3) is 5.92 Å². The van der Waals surface area contributed by atoms with Crippen molar-refractivity contribution in [1.29, 1.82) is 0 Å². The molecule has 1 aromatic carbocycles. The number of halogens is 2. The fourth-order valence-corrected chi connectivity index (χ4v) is 4.33. The summed E-state index contributed by atoms with van der Waals surface area (Å²) in [7, 11) is -3.89. The largest absolute Gasteiger partial charge is 0.486 e. The monoisotopic (exact) mass is 333 g/mol. The van der Waals surface area contributed by atoms with Crippen LogP contribution in [0.1, 0.15) is 13.3 Å². The van der Waals surface area contributed by atoms with Gasteiger partial charge in [-0.3, -0.25) is 0 Å². The summed E-state index contributed by atoms with van der Waals surface area (Å²) >= 11 is 0. The number of ether oxygens (including phenoxy) is 2. The molecule has 0 aliphatic carbocycles. The maximum Gasteiger partial charge on any atom is 0.253 e. The van der Waals surface area contributed by atoms with Crippen LogP contribution in [0.2, 0.25) is 0 Å². The van der Waals surface area contributed by atoms with Gasteiger partial charge >= 0.3 is 0 Å². The van der Waals surface area contributed by atoms with Crippen LogP contribution >= 0.6 is 0 Å². The molecule has 0 radical (unpaired) electrons. The normalized spacial score (nSPS) is 25.0. The summed E-state index contributed by atoms with van der Waals surface area (Å²) in [5.74, 6) is -3.32. The number of hydrogen-bond donors (Lipinski definition) is 0. The first kappa shape index (κ1) is 15.5. The number of para-hydroxylation sites is 1. The van der Waals surface area contributed by atoms with Gasteiger partial charge < -0.3 is 9.47 Å². The molecular weight excluding hydrogens is 316 g/mol. The van der Waals surface area contributed by atoms with Crippen molar-refractivity contribution in [3.63, 3.8) is 0 Å². The van der Waals surface area contributed by atoms with E-state index in [2.05, 4.69) is 0 Å². The Bertz CT molecular complexity index is 677. The molecular formula is C14H17F2NO4S. The van der Waals surface area contributed by atoms with E-state index in [0.717, 1.165) is 4.31 Å². The number of fused-ring (bicyclic) bond motifs is 1. The van der Waals surface area contributed by atoms with Crippen LogP contribution in [-0.4, -0.2) is 44.9 Å². The maximum absolute atomic E-state index is 13.6. The Morgan fingerprint density at radius 1 is 1.27 bits per heavy atom. The van der Waals surface area contributed by atoms with Gasteiger partial charge in [0, 0.05) is 25.4 Å². The predicted molar refractivity (Wildman–Crippen MR) is 74.9 cm³/mol. The van der Waals surface area contributed by atoms with E-state index in [1.807, 2.05) is 0 Å². The van der Waals surface area contributed by atoms with Crippen molar-refractivity contribution in [1.82, 2.24) is 4.31 Å². The zero-order valence-electron chi connectivity index (χ0n) is 12.1. The summed E-state index contributed by atoms with van der Waals surface area (Å²) in [6.45, 7) is 1.56. The second-order valence-corrected chi connectivity index (χ2v) is 7.46. The molecule has 1 atom stereocenters. The lowest BCUT2D eigenvalue weighted by Crippen LogP contribution is -2.48. The summed E-state index contributed by atoms with van der Waals surface area (Å²) in [5, 5.41) is 0. The highest BCUT2D eigenvalue weighted by Crippen LogP contribution is 2.40. The molecule has 2 aliphatic rings. The van der Waals surface area contributed by atoms with Crippen LogP contribution in [0.5, 0.6) is 11.5 Å². The van der Waals surface area contributed by atoms with Crippen molar-refractivity contribution in [3.05, 3.63) is 18.2 Å². The molecule has 1 saturated heterocycles. The summed E-state index contributed by atoms with van der Waals surface area (Å²) in [4.78, 5) is -0.0258. The third-order valence-corrected chi connectivity index (χ3v) is 5.93. The minimum Gasteiger partial charge on any atom is -0.486 e. The van der Waals surface area contributed by atoms with Crippen molar-refractivity contribution < 1.29 is 26.7 Å². The van der Waals surface area contributed by atoms with E-state index in [4.69, 9.17) is 9.47 Å². The van der Waals surface area contributed by atoms with Crippen LogP contribution in [0.25, 0.3) is 0 Å². The molecule has 0 bridgehead atoms. The second kappa shape index (κ2) is 5.34. The Kier molecular flexibility index (Phi) is 3.76. The van der Waals surface area contributed by atoms with E-state index in [1.54, 1.807) is 12.1 Å². The maximum atomic E-state index is 13.6. The molecule has 1 fully saturated rings. The van der Waals surface area contributed by atoms with Crippen molar-refractivity contribution in [3.8, 4) is 11.5 Å². The van der Waals surface area contributed by atoms with Gasteiger partial charge in [0.15, 0.2) is 11.5 Å². The molecule has 0 amide bonds. The number of sulfonamides is 1. The number of alkyl halides is 2. The first-order valence-corrected chi connectivity index (χ1v) is 8.53. The number of nitrogens with zero attached hydrogens (tertiary/aromatic N) is 1. The Morgan fingerprint density at radius 2 is 2.00 bits per heavy atom. The minimum absolute atomic E-state index is 0.0258. The van der Waals surface area contributed by atoms with Crippen LogP contribution < -0.4 is 9.47 Å². The lowest BCUT2D eigenvalue weighted by Gasteiger charge is -2.36. The molecule has 0 saturated carbocycles. The molecule has 3 rings (SSSR count). The standard InChI is InChI=1S/C14H17F2NO4S/c1-10-9-17(6-5-14(10,15)16)22(18,19)12-4-2-3-11-13(12)21-8-7-20-11/h2-4,10H,5-9H2,1H3. The van der Waals surface area contributed by atoms with Crippen molar-refractivity contribution in [2.24, 2.45) is 5.92 Å². The fraction of sp³-hybridized carbons (Fsp3) is 0.571. The number of rotatable bonds is 2. The van der Waals surface area contributed by atoms with Gasteiger partial charge in [0.2, 0.25) is 10.0 Å². The highest BCUT2D eigenvalue weighted by molar-refractivity contribution is 7.89. The average molecular weight is 333 g/mol. The van der Waals surface area contributed by atoms with E-state index in [9.17, 15) is 17.2 Å². The van der Waals surface area contributed by atoms with Crippen LogP contribution in [0.3, 0.4) is 0 Å². The third-order valence-electron chi connectivity index (χ3n) is 4.04. The highest BCUT2D eigenvalue weighted by Gasteiger charge is 2.45. The fourth-order valence-electron chi connectivity index (χ4n) is 2.66. The topological polar surface area (TPSA) is 55.8 Å². The second-order valence-electron chi connectivity index (χ2n) is 5.56. The minimum atomic E-state index is -3.89. The van der Waals surface area contributed by atoms with Crippen molar-refractivity contribution >= 4 is 10.0 Å². The van der Waals surface area contributed by atoms with Gasteiger partial charge in [-0.15, -0.1) is 0 Å². The third kappa shape index (κ3) is 2.54. The molecule has 22 heavy (non-hydrogen) atoms. The van der Waals surface area contributed by atoms with Gasteiger partial charge in [0.1, 0.15) is 18.1 Å². The van der Waals surface area contributed by atoms with Crippen molar-refractivity contribution in [2.75, 3.05) is 26.3 Å². The molecule has 5 nitrogen and oxygen atoms in total. The molecule has 2 heterocycles. The van der Waals surface area contributed by atoms with E-state index < -0.39 is 28.3 Å². The van der Waals surface area contributed by atoms with Gasteiger partial charge in [-0.25, -0.2) is 17.2 Å². The quantitative estimate of drug-likeness (QED) is 0.832. The number of hydrogen-bond acceptors (Lipinski definition) is 4. The zero-order chi connectivity index (χ0) is 16.0. The summed E-state index contributed by atoms with van der Waals surface area (Å²) < 4.78 is 64.6. The average Bonchev–Trinajstić information content (AvgIpc) is 2.49. The number of benzene rings is 1. The Labute approximate surface area is 127 Å². The van der Waals surface area contributed by atoms with Crippen LogP contribution in [0, 0.1) is 5.92 Å². The predicted octanol–water partition coefficient (Wildman–Crippen LogP) is 2.12. The molecule has 0 aromatic heterocycles. The molecule has 8 heteroatoms. The van der Waals surface area contributed by atoms with Crippen LogP contribution in [0.15, 0.2) is 23.1 Å². The van der Waals surface area contributed by atoms with Crippen molar-refractivity contribution in [2.45, 2.75) is 24.2 Å². The Morgan fingerprint density at radius 3 is 2.73 bits per heavy atom. The summed E-state index contributed by atoms with van der Waals surface area (Å²) in [5.41, 5.74) is 0. The van der Waals surface area contributed by atoms with Gasteiger partial charge in [-0.2, -0.15) is 4.31 Å². The molecule has 122 valence electrons. The lowest BCUT2D eigenvalue weighted by atomic mass is 9.97. The van der Waals surface area contributed by atoms with E-state index in [1.165, 1.54) is 13.0 Å². The summed E-state index contributed by atoms with van der Waals surface area (Å²) in [6, 6.07) is 4.60. The molecule has 1 aromatic rings. The molecule has 0 spiro atoms. The Hall–Kier alpha value is -1.41. The molecule has 2 aliphatic heterocycles. The smallest absolute Gasteiger partial charge is 0.253 e. The van der Waals surface area contributed by atoms with E-state index in [0.29, 0.717) is 12.4 Å². The van der Waals surface area contributed by atoms with Gasteiger partial charge in [-0.1, -0.05) is 13.0 Å². The Balaban J connectivity index is 1.94. The van der Waals surface area contributed by atoms with Gasteiger partial charge in [-0.05, 0) is 12.1 Å². The van der Waals surface area contributed by atoms with E-state index in [-0.39, 0.29) is 30.3 Å². The zero-order valence-corrected chi connectivity index (χ0v) is 12.9. The highest BCUT2D eigenvalue weighted by atomic mass is 32.2. The molecule has 0 N–H and O–H groups in total. The number of piperidine rings is 1. The first-order chi connectivity index (χ1) is 10.3. The van der Waals surface area contributed by atoms with Crippen LogP contribution in [0.4, 0.5) is 8.78 Å². The molecule has 1 unspecified atom stereocenters. The van der Waals surface area contributed by atoms with Crippen LogP contribution in [-0.2, 0) is 10.0 Å². The SMILES string of the molecule is CC1CN(S(=O)(=O)c2cccc3c2OCCO3)CCC1(F)F. The van der Waals surface area contributed by atoms with E-state index >= 15 is 0 Å². The lowest BCUT2D eigenvalue weighted by molar-refractivity contribution is -0.0853. The summed E-state index contributed by atoms with van der Waals surface area (Å²) in [6.07, 6.45) is -0.472.